The molecule has 2 N–H and O–H groups in total. The van der Waals surface area contributed by atoms with E-state index < -0.39 is 46.7 Å². The van der Waals surface area contributed by atoms with Gasteiger partial charge in [-0.2, -0.15) is 0 Å². The fourth-order valence-corrected chi connectivity index (χ4v) is 11.5. The number of hydrogen-bond donors (Lipinski definition) is 1. The van der Waals surface area contributed by atoms with Crippen molar-refractivity contribution in [3.63, 3.8) is 0 Å². The Balaban J connectivity index is 2.23. The third-order valence-corrected chi connectivity index (χ3v) is 12.4. The van der Waals surface area contributed by atoms with E-state index in [0.29, 0.717) is 12.5 Å². The van der Waals surface area contributed by atoms with Gasteiger partial charge < -0.3 is 0 Å². The monoisotopic (exact) mass is 483 g/mol. The molecule has 1 aliphatic rings. The molecule has 25 heavy (non-hydrogen) atoms. The normalized spacial score (nSPS) is 16.4. The number of urea groups is 1. The second-order valence-electron chi connectivity index (χ2n) is 5.13. The summed E-state index contributed by atoms with van der Waals surface area (Å²) in [5.41, 5.74) is 5.04. The molecule has 134 valence electrons. The predicted octanol–water partition coefficient (Wildman–Crippen LogP) is 2.35. The van der Waals surface area contributed by atoms with Crippen LogP contribution in [0.3, 0.4) is 0 Å². The minimum absolute atomic E-state index is 0.00529. The molecule has 0 unspecified atom stereocenters. The zero-order chi connectivity index (χ0) is 21.3. The third-order valence-electron chi connectivity index (χ3n) is 3.48. The molecule has 0 bridgehead atoms. The standard InChI is InChI=1S/C7H6ClO.C7H7F3N2O3.In/c1-9-7-4-2-6(8)3-5-7;1-3-4(2)12(6(11)14)15-5(13)7(8,9)10;/h2-4H,1H3;3H,1-2H2,(H2,11,14);/i1D3;;. The molecule has 2 rings (SSSR count). The van der Waals surface area contributed by atoms with Crippen molar-refractivity contribution >= 4 is 48.4 Å². The summed E-state index contributed by atoms with van der Waals surface area (Å²) < 4.78 is 65.1. The van der Waals surface area contributed by atoms with Crippen LogP contribution in [0.4, 0.5) is 18.0 Å². The number of nitrogens with two attached hydrogens (primary N) is 1. The number of hydroxylamine groups is 2. The molecular weight excluding hydrogens is 467 g/mol. The Morgan fingerprint density at radius 1 is 1.44 bits per heavy atom. The fraction of sp³-hybridized carbons (Fsp3) is 0.286. The van der Waals surface area contributed by atoms with E-state index in [1.165, 1.54) is 24.3 Å². The van der Waals surface area contributed by atoms with E-state index in [-0.39, 0.29) is 20.7 Å². The van der Waals surface area contributed by atoms with Crippen molar-refractivity contribution in [2.24, 2.45) is 5.73 Å². The van der Waals surface area contributed by atoms with Crippen molar-refractivity contribution in [1.82, 2.24) is 5.06 Å². The number of alkyl halides is 3. The van der Waals surface area contributed by atoms with Gasteiger partial charge in [-0.3, -0.25) is 0 Å². The molecule has 1 aromatic rings. The Morgan fingerprint density at radius 3 is 2.76 bits per heavy atom. The van der Waals surface area contributed by atoms with Gasteiger partial charge in [0, 0.05) is 0 Å². The second-order valence-corrected chi connectivity index (χ2v) is 13.8. The number of hydrogen-bond acceptors (Lipinski definition) is 4. The topological polar surface area (TPSA) is 81.9 Å². The van der Waals surface area contributed by atoms with E-state index in [4.69, 9.17) is 26.2 Å². The number of nitrogens with zero attached hydrogens (tertiary/aromatic N) is 1. The maximum atomic E-state index is 12.4. The Bertz CT molecular complexity index is 820. The fourth-order valence-electron chi connectivity index (χ4n) is 2.41. The van der Waals surface area contributed by atoms with Crippen molar-refractivity contribution in [2.45, 2.75) is 14.5 Å². The van der Waals surface area contributed by atoms with Gasteiger partial charge in [0.2, 0.25) is 0 Å². The summed E-state index contributed by atoms with van der Waals surface area (Å²) in [5, 5.41) is 0.440. The molecule has 0 aliphatic carbocycles. The average Bonchev–Trinajstić information content (AvgIpc) is 3.00. The van der Waals surface area contributed by atoms with Crippen molar-refractivity contribution in [3.8, 4) is 5.75 Å². The predicted molar refractivity (Wildman–Crippen MR) is 84.7 cm³/mol. The Labute approximate surface area is 158 Å². The molecule has 2 amide bonds. The summed E-state index contributed by atoms with van der Waals surface area (Å²) in [6, 6.07) is 2.99. The molecule has 0 saturated carbocycles. The summed E-state index contributed by atoms with van der Waals surface area (Å²) >= 11 is 3.04. The van der Waals surface area contributed by atoms with Gasteiger partial charge in [-0.15, -0.1) is 0 Å². The second kappa shape index (κ2) is 7.77. The van der Waals surface area contributed by atoms with Gasteiger partial charge in [0.25, 0.3) is 0 Å². The number of halogens is 4. The molecule has 0 aromatic heterocycles. The van der Waals surface area contributed by atoms with Gasteiger partial charge >= 0.3 is 158 Å². The first-order valence-electron chi connectivity index (χ1n) is 8.34. The summed E-state index contributed by atoms with van der Waals surface area (Å²) in [4.78, 5) is 26.6. The quantitative estimate of drug-likeness (QED) is 0.670. The van der Waals surface area contributed by atoms with Crippen LogP contribution >= 0.6 is 11.6 Å². The van der Waals surface area contributed by atoms with Gasteiger partial charge in [0.15, 0.2) is 0 Å². The number of rotatable bonds is 3. The van der Waals surface area contributed by atoms with E-state index in [0.717, 1.165) is 0 Å². The molecule has 0 saturated heterocycles. The van der Waals surface area contributed by atoms with Gasteiger partial charge in [-0.1, -0.05) is 0 Å². The summed E-state index contributed by atoms with van der Waals surface area (Å²) in [6.45, 7) is 0. The zero-order valence-corrected chi connectivity index (χ0v) is 16.5. The van der Waals surface area contributed by atoms with Gasteiger partial charge in [0.05, 0.1) is 0 Å². The van der Waals surface area contributed by atoms with Crippen molar-refractivity contribution < 1.29 is 36.4 Å². The van der Waals surface area contributed by atoms with E-state index in [2.05, 4.69) is 4.84 Å². The Kier molecular flexibility index (Phi) is 4.88. The number of ether oxygens (including phenoxy) is 1. The zero-order valence-electron chi connectivity index (χ0n) is 15.5. The summed E-state index contributed by atoms with van der Waals surface area (Å²) in [5.74, 6) is -2.49. The number of primary amides is 1. The van der Waals surface area contributed by atoms with Crippen LogP contribution in [0.1, 0.15) is 4.11 Å². The average molecular weight is 484 g/mol. The molecule has 1 aliphatic heterocycles. The van der Waals surface area contributed by atoms with Crippen LogP contribution in [0, 0.1) is 0 Å². The number of allylic oxidation sites excluding steroid dienone is 2. The number of amides is 2. The third kappa shape index (κ3) is 4.75. The SMILES string of the molecule is [2H]C([2H])([2H])Oc1ccc(Cl)c[c]1[In]1[CH2]C=C(N(OC(=O)C(F)(F)F)C(N)=O)[CH2]1. The Hall–Kier alpha value is -1.55. The van der Waals surface area contributed by atoms with Crippen molar-refractivity contribution in [3.05, 3.63) is 35.0 Å². The summed E-state index contributed by atoms with van der Waals surface area (Å²) in [6.07, 6.45) is -3.86. The van der Waals surface area contributed by atoms with E-state index >= 15 is 0 Å². The molecule has 6 nitrogen and oxygen atoms in total. The number of carbonyl (C=O) groups is 2. The van der Waals surface area contributed by atoms with Crippen LogP contribution in [0.5, 0.6) is 5.75 Å². The van der Waals surface area contributed by atoms with Crippen LogP contribution in [0.25, 0.3) is 0 Å². The van der Waals surface area contributed by atoms with Crippen LogP contribution in [0.2, 0.25) is 13.4 Å². The molecule has 11 heteroatoms. The molecule has 1 heterocycles. The number of methoxy groups -OCH3 is 1. The molecule has 0 atom stereocenters. The van der Waals surface area contributed by atoms with Crippen molar-refractivity contribution in [1.29, 1.82) is 0 Å². The number of carbonyl (C=O) groups excluding carboxylic acids is 2. The van der Waals surface area contributed by atoms with E-state index in [1.807, 2.05) is 0 Å². The van der Waals surface area contributed by atoms with Crippen LogP contribution < -0.4 is 13.8 Å². The maximum absolute atomic E-state index is 12.4. The van der Waals surface area contributed by atoms with Crippen molar-refractivity contribution in [2.75, 3.05) is 7.04 Å². The van der Waals surface area contributed by atoms with Crippen LogP contribution in [-0.2, 0) is 9.63 Å². The minimum atomic E-state index is -5.30. The van der Waals surface area contributed by atoms with Crippen LogP contribution in [-0.4, -0.2) is 51.7 Å². The van der Waals surface area contributed by atoms with E-state index in [9.17, 15) is 22.8 Å². The molecule has 0 fully saturated rings. The van der Waals surface area contributed by atoms with Gasteiger partial charge in [-0.05, 0) is 0 Å². The first-order chi connectivity index (χ1) is 12.8. The van der Waals surface area contributed by atoms with Gasteiger partial charge in [0.1, 0.15) is 0 Å². The molecule has 0 radical (unpaired) electrons. The summed E-state index contributed by atoms with van der Waals surface area (Å²) in [7, 11) is -2.70. The molecule has 0 spiro atoms. The van der Waals surface area contributed by atoms with E-state index in [1.54, 1.807) is 0 Å². The van der Waals surface area contributed by atoms with Crippen LogP contribution in [0.15, 0.2) is 30.0 Å². The number of benzene rings is 1. The first-order valence-corrected chi connectivity index (χ1v) is 13.5. The molecule has 1 aromatic carbocycles. The molecular formula is C14H13ClF3InN2O4. The first kappa shape index (κ1) is 15.7. The van der Waals surface area contributed by atoms with Gasteiger partial charge in [-0.25, -0.2) is 0 Å². The Morgan fingerprint density at radius 2 is 2.16 bits per heavy atom.